The Morgan fingerprint density at radius 3 is 2.73 bits per heavy atom. The summed E-state index contributed by atoms with van der Waals surface area (Å²) in [6.07, 6.45) is 3.17. The van der Waals surface area contributed by atoms with E-state index in [1.165, 1.54) is 5.56 Å². The van der Waals surface area contributed by atoms with Gasteiger partial charge in [-0.15, -0.1) is 0 Å². The van der Waals surface area contributed by atoms with Gasteiger partial charge in [0.25, 0.3) is 0 Å². The summed E-state index contributed by atoms with van der Waals surface area (Å²) in [5, 5.41) is 3.26. The van der Waals surface area contributed by atoms with E-state index < -0.39 is 0 Å². The first-order valence-electron chi connectivity index (χ1n) is 5.11. The highest BCUT2D eigenvalue weighted by Gasteiger charge is 2.09. The lowest BCUT2D eigenvalue weighted by Crippen LogP contribution is -2.17. The molecule has 1 aromatic carbocycles. The zero-order valence-electron chi connectivity index (χ0n) is 9.51. The predicted octanol–water partition coefficient (Wildman–Crippen LogP) is 3.15. The van der Waals surface area contributed by atoms with Crippen molar-refractivity contribution >= 4 is 11.8 Å². The van der Waals surface area contributed by atoms with Gasteiger partial charge in [0.2, 0.25) is 0 Å². The van der Waals surface area contributed by atoms with Gasteiger partial charge in [0, 0.05) is 6.04 Å². The summed E-state index contributed by atoms with van der Waals surface area (Å²) >= 11 is 1.83. The minimum atomic E-state index is -0.126. The standard InChI is InChI=1S/C12H18FNS/c1-9-8-10(4-5-11(9)13)12(14-2)6-7-15-3/h4-5,8,12,14H,6-7H2,1-3H3. The number of hydrogen-bond donors (Lipinski definition) is 1. The molecule has 1 unspecified atom stereocenters. The number of hydrogen-bond acceptors (Lipinski definition) is 2. The minimum absolute atomic E-state index is 0.126. The lowest BCUT2D eigenvalue weighted by Gasteiger charge is -2.16. The molecular formula is C12H18FNS. The van der Waals surface area contributed by atoms with Crippen molar-refractivity contribution in [2.24, 2.45) is 0 Å². The molecule has 0 fully saturated rings. The van der Waals surface area contributed by atoms with Crippen LogP contribution in [0.2, 0.25) is 0 Å². The molecule has 0 aromatic heterocycles. The van der Waals surface area contributed by atoms with Crippen molar-refractivity contribution in [3.8, 4) is 0 Å². The smallest absolute Gasteiger partial charge is 0.126 e. The van der Waals surface area contributed by atoms with Gasteiger partial charge in [-0.05, 0) is 49.6 Å². The Morgan fingerprint density at radius 2 is 2.20 bits per heavy atom. The molecule has 1 N–H and O–H groups in total. The molecule has 0 saturated heterocycles. The van der Waals surface area contributed by atoms with E-state index in [1.807, 2.05) is 30.9 Å². The second-order valence-corrected chi connectivity index (χ2v) is 4.62. The average Bonchev–Trinajstić information content (AvgIpc) is 2.24. The number of aryl methyl sites for hydroxylation is 1. The molecule has 0 amide bonds. The summed E-state index contributed by atoms with van der Waals surface area (Å²) < 4.78 is 13.1. The molecule has 1 nitrogen and oxygen atoms in total. The fourth-order valence-electron chi connectivity index (χ4n) is 1.60. The van der Waals surface area contributed by atoms with Crippen LogP contribution in [0.4, 0.5) is 4.39 Å². The molecule has 0 aliphatic rings. The van der Waals surface area contributed by atoms with E-state index in [9.17, 15) is 4.39 Å². The molecule has 84 valence electrons. The normalized spacial score (nSPS) is 12.8. The van der Waals surface area contributed by atoms with Crippen molar-refractivity contribution in [1.82, 2.24) is 5.32 Å². The summed E-state index contributed by atoms with van der Waals surface area (Å²) in [5.41, 5.74) is 1.89. The maximum absolute atomic E-state index is 13.1. The molecule has 1 atom stereocenters. The third-order valence-electron chi connectivity index (χ3n) is 2.54. The second-order valence-electron chi connectivity index (χ2n) is 3.63. The van der Waals surface area contributed by atoms with Crippen LogP contribution in [0.25, 0.3) is 0 Å². The summed E-state index contributed by atoms with van der Waals surface area (Å²) in [7, 11) is 1.95. The molecule has 0 bridgehead atoms. The second kappa shape index (κ2) is 6.13. The topological polar surface area (TPSA) is 12.0 Å². The van der Waals surface area contributed by atoms with E-state index in [0.29, 0.717) is 6.04 Å². The molecular weight excluding hydrogens is 209 g/mol. The van der Waals surface area contributed by atoms with Crippen LogP contribution in [0, 0.1) is 12.7 Å². The zero-order valence-corrected chi connectivity index (χ0v) is 10.3. The Hall–Kier alpha value is -0.540. The first-order chi connectivity index (χ1) is 7.19. The van der Waals surface area contributed by atoms with Gasteiger partial charge in [0.15, 0.2) is 0 Å². The number of benzene rings is 1. The Kier molecular flexibility index (Phi) is 5.12. The van der Waals surface area contributed by atoms with Crippen molar-refractivity contribution in [3.63, 3.8) is 0 Å². The van der Waals surface area contributed by atoms with Crippen molar-refractivity contribution in [2.75, 3.05) is 19.1 Å². The minimum Gasteiger partial charge on any atom is -0.313 e. The van der Waals surface area contributed by atoms with Gasteiger partial charge in [-0.2, -0.15) is 11.8 Å². The largest absolute Gasteiger partial charge is 0.313 e. The predicted molar refractivity (Wildman–Crippen MR) is 65.9 cm³/mol. The molecule has 1 aromatic rings. The van der Waals surface area contributed by atoms with Crippen molar-refractivity contribution < 1.29 is 4.39 Å². The quantitative estimate of drug-likeness (QED) is 0.829. The van der Waals surface area contributed by atoms with Gasteiger partial charge in [0.05, 0.1) is 0 Å². The number of thioether (sulfide) groups is 1. The van der Waals surface area contributed by atoms with E-state index in [4.69, 9.17) is 0 Å². The highest BCUT2D eigenvalue weighted by molar-refractivity contribution is 7.98. The lowest BCUT2D eigenvalue weighted by atomic mass is 10.0. The van der Waals surface area contributed by atoms with Crippen LogP contribution in [0.15, 0.2) is 18.2 Å². The Balaban J connectivity index is 2.78. The summed E-state index contributed by atoms with van der Waals surface area (Å²) in [5.74, 6) is 0.987. The van der Waals surface area contributed by atoms with Crippen LogP contribution in [0.1, 0.15) is 23.6 Å². The molecule has 0 heterocycles. The van der Waals surface area contributed by atoms with Crippen LogP contribution in [0.3, 0.4) is 0 Å². The van der Waals surface area contributed by atoms with Crippen molar-refractivity contribution in [2.45, 2.75) is 19.4 Å². The lowest BCUT2D eigenvalue weighted by molar-refractivity contribution is 0.574. The van der Waals surface area contributed by atoms with Gasteiger partial charge < -0.3 is 5.32 Å². The van der Waals surface area contributed by atoms with Gasteiger partial charge >= 0.3 is 0 Å². The first-order valence-corrected chi connectivity index (χ1v) is 6.50. The number of nitrogens with one attached hydrogen (secondary N) is 1. The summed E-state index contributed by atoms with van der Waals surface area (Å²) in [6.45, 7) is 1.81. The molecule has 0 saturated carbocycles. The van der Waals surface area contributed by atoms with Crippen LogP contribution in [0.5, 0.6) is 0 Å². The number of rotatable bonds is 5. The molecule has 1 rings (SSSR count). The van der Waals surface area contributed by atoms with Gasteiger partial charge in [-0.3, -0.25) is 0 Å². The van der Waals surface area contributed by atoms with E-state index in [-0.39, 0.29) is 5.82 Å². The third-order valence-corrected chi connectivity index (χ3v) is 3.19. The molecule has 0 aliphatic carbocycles. The van der Waals surface area contributed by atoms with Gasteiger partial charge in [-0.1, -0.05) is 12.1 Å². The zero-order chi connectivity index (χ0) is 11.3. The molecule has 0 aliphatic heterocycles. The van der Waals surface area contributed by atoms with Gasteiger partial charge in [-0.25, -0.2) is 4.39 Å². The van der Waals surface area contributed by atoms with Crippen LogP contribution < -0.4 is 5.32 Å². The fraction of sp³-hybridized carbons (Fsp3) is 0.500. The van der Waals surface area contributed by atoms with E-state index in [1.54, 1.807) is 13.0 Å². The van der Waals surface area contributed by atoms with E-state index >= 15 is 0 Å². The molecule has 0 radical (unpaired) electrons. The SMILES string of the molecule is CNC(CCSC)c1ccc(F)c(C)c1. The van der Waals surface area contributed by atoms with Crippen LogP contribution >= 0.6 is 11.8 Å². The Bertz CT molecular complexity index is 314. The van der Waals surface area contributed by atoms with Crippen molar-refractivity contribution in [3.05, 3.63) is 35.1 Å². The highest BCUT2D eigenvalue weighted by atomic mass is 32.2. The summed E-state index contributed by atoms with van der Waals surface area (Å²) in [4.78, 5) is 0. The van der Waals surface area contributed by atoms with E-state index in [0.717, 1.165) is 17.7 Å². The molecule has 3 heteroatoms. The van der Waals surface area contributed by atoms with Crippen LogP contribution in [-0.2, 0) is 0 Å². The maximum atomic E-state index is 13.1. The van der Waals surface area contributed by atoms with Gasteiger partial charge in [0.1, 0.15) is 5.82 Å². The monoisotopic (exact) mass is 227 g/mol. The summed E-state index contributed by atoms with van der Waals surface area (Å²) in [6, 6.07) is 5.67. The molecule has 15 heavy (non-hydrogen) atoms. The average molecular weight is 227 g/mol. The Morgan fingerprint density at radius 1 is 1.47 bits per heavy atom. The Labute approximate surface area is 95.5 Å². The third kappa shape index (κ3) is 3.50. The maximum Gasteiger partial charge on any atom is 0.126 e. The van der Waals surface area contributed by atoms with Crippen LogP contribution in [-0.4, -0.2) is 19.1 Å². The number of halogens is 1. The fourth-order valence-corrected chi connectivity index (χ4v) is 2.07. The van der Waals surface area contributed by atoms with E-state index in [2.05, 4.69) is 11.6 Å². The highest BCUT2D eigenvalue weighted by Crippen LogP contribution is 2.20. The molecule has 0 spiro atoms. The first kappa shape index (κ1) is 12.5. The van der Waals surface area contributed by atoms with Crippen molar-refractivity contribution in [1.29, 1.82) is 0 Å².